The molecule has 1 fully saturated rings. The van der Waals surface area contributed by atoms with E-state index in [1.807, 2.05) is 18.5 Å². The molecular weight excluding hydrogens is 334 g/mol. The van der Waals surface area contributed by atoms with Gasteiger partial charge in [-0.25, -0.2) is 14.6 Å². The summed E-state index contributed by atoms with van der Waals surface area (Å²) in [6, 6.07) is 0.103. The molecule has 1 aliphatic rings. The van der Waals surface area contributed by atoms with Gasteiger partial charge >= 0.3 is 0 Å². The van der Waals surface area contributed by atoms with E-state index in [0.717, 1.165) is 24.2 Å². The fraction of sp³-hybridized carbons (Fsp3) is 0.375. The lowest BCUT2D eigenvalue weighted by Crippen LogP contribution is -2.04. The first kappa shape index (κ1) is 15.0. The van der Waals surface area contributed by atoms with Crippen LogP contribution in [0.1, 0.15) is 44.4 Å². The third kappa shape index (κ3) is 2.11. The molecule has 0 aliphatic heterocycles. The van der Waals surface area contributed by atoms with Crippen LogP contribution < -0.4 is 5.73 Å². The number of nitrogen functional groups attached to an aromatic ring is 1. The van der Waals surface area contributed by atoms with Crippen LogP contribution >= 0.6 is 0 Å². The summed E-state index contributed by atoms with van der Waals surface area (Å²) in [6.45, 7) is 4.07. The number of nitrogens with two attached hydrogens (primary N) is 1. The molecule has 10 heteroatoms. The number of hydrogen-bond acceptors (Lipinski definition) is 8. The predicted molar refractivity (Wildman–Crippen MR) is 93.0 cm³/mol. The highest BCUT2D eigenvalue weighted by molar-refractivity contribution is 6.00. The van der Waals surface area contributed by atoms with Crippen molar-refractivity contribution in [3.63, 3.8) is 0 Å². The Kier molecular flexibility index (Phi) is 3.08. The van der Waals surface area contributed by atoms with Crippen molar-refractivity contribution < 1.29 is 4.52 Å². The van der Waals surface area contributed by atoms with Gasteiger partial charge in [0.25, 0.3) is 0 Å². The Balaban J connectivity index is 1.82. The molecule has 4 aromatic rings. The minimum atomic E-state index is 0.103. The minimum absolute atomic E-state index is 0.103. The van der Waals surface area contributed by atoms with Crippen LogP contribution in [0.25, 0.3) is 33.7 Å². The Morgan fingerprint density at radius 2 is 2.12 bits per heavy atom. The third-order valence-corrected chi connectivity index (χ3v) is 4.57. The summed E-state index contributed by atoms with van der Waals surface area (Å²) in [7, 11) is 0. The predicted octanol–water partition coefficient (Wildman–Crippen LogP) is 2.31. The molecule has 4 heterocycles. The van der Waals surface area contributed by atoms with E-state index in [4.69, 9.17) is 15.4 Å². The molecule has 0 radical (unpaired) electrons. The molecule has 4 aromatic heterocycles. The van der Waals surface area contributed by atoms with Crippen LogP contribution in [0.3, 0.4) is 0 Å². The van der Waals surface area contributed by atoms with Gasteiger partial charge in [-0.2, -0.15) is 20.5 Å². The van der Waals surface area contributed by atoms with Gasteiger partial charge in [0.05, 0.1) is 17.1 Å². The average Bonchev–Trinajstić information content (AvgIpc) is 3.04. The summed E-state index contributed by atoms with van der Waals surface area (Å²) in [6.07, 6.45) is 5.25. The molecule has 26 heavy (non-hydrogen) atoms. The van der Waals surface area contributed by atoms with Gasteiger partial charge in [0.2, 0.25) is 0 Å². The monoisotopic (exact) mass is 351 g/mol. The van der Waals surface area contributed by atoms with Crippen molar-refractivity contribution in [2.45, 2.75) is 38.6 Å². The van der Waals surface area contributed by atoms with Gasteiger partial charge in [-0.1, -0.05) is 5.16 Å². The summed E-state index contributed by atoms with van der Waals surface area (Å²) in [4.78, 5) is 8.51. The third-order valence-electron chi connectivity index (χ3n) is 4.57. The van der Waals surface area contributed by atoms with Crippen LogP contribution in [0, 0.1) is 0 Å². The second kappa shape index (κ2) is 5.35. The molecule has 0 saturated heterocycles. The highest BCUT2D eigenvalue weighted by atomic mass is 16.5. The lowest BCUT2D eigenvalue weighted by Gasteiger charge is -2.05. The molecule has 0 aromatic carbocycles. The number of aromatic amines is 1. The second-order valence-electron chi connectivity index (χ2n) is 6.74. The lowest BCUT2D eigenvalue weighted by molar-refractivity contribution is 0.386. The highest BCUT2D eigenvalue weighted by Crippen LogP contribution is 2.47. The quantitative estimate of drug-likeness (QED) is 0.571. The van der Waals surface area contributed by atoms with E-state index >= 15 is 0 Å². The van der Waals surface area contributed by atoms with Gasteiger partial charge in [-0.05, 0) is 26.7 Å². The molecule has 1 aliphatic carbocycles. The smallest absolute Gasteiger partial charge is 0.164 e. The summed E-state index contributed by atoms with van der Waals surface area (Å²) in [5.41, 5.74) is 9.49. The van der Waals surface area contributed by atoms with Crippen LogP contribution in [0.2, 0.25) is 0 Å². The maximum atomic E-state index is 6.16. The Hall–Kier alpha value is -3.30. The number of rotatable bonds is 4. The molecule has 5 rings (SSSR count). The number of fused-ring (bicyclic) bond motifs is 1. The SMILES string of the molecule is CC(C)n1nc(-c2noc(C3CC3)c2-c2cn[nH]n2)c2c(N)ncnc21. The van der Waals surface area contributed by atoms with Crippen molar-refractivity contribution in [3.8, 4) is 22.6 Å². The number of anilines is 1. The zero-order valence-electron chi connectivity index (χ0n) is 14.3. The lowest BCUT2D eigenvalue weighted by atomic mass is 10.0. The normalized spacial score (nSPS) is 14.6. The molecule has 0 unspecified atom stereocenters. The Bertz CT molecular complexity index is 1090. The van der Waals surface area contributed by atoms with Crippen LogP contribution in [0.5, 0.6) is 0 Å². The topological polar surface area (TPSA) is 137 Å². The fourth-order valence-electron chi connectivity index (χ4n) is 3.18. The standard InChI is InChI=1S/C16H17N9O/c1-7(2)25-16-11(15(17)18-6-19-16)12(22-25)13-10(9-5-20-24-21-9)14(26-23-13)8-3-4-8/h5-8H,3-4H2,1-2H3,(H2,17,18,19)(H,20,21,24). The van der Waals surface area contributed by atoms with Crippen LogP contribution in [-0.2, 0) is 0 Å². The summed E-state index contributed by atoms with van der Waals surface area (Å²) >= 11 is 0. The molecule has 10 nitrogen and oxygen atoms in total. The fourth-order valence-corrected chi connectivity index (χ4v) is 3.18. The second-order valence-corrected chi connectivity index (χ2v) is 6.74. The molecule has 3 N–H and O–H groups in total. The number of aromatic nitrogens is 8. The zero-order valence-corrected chi connectivity index (χ0v) is 14.3. The first-order valence-corrected chi connectivity index (χ1v) is 8.50. The Morgan fingerprint density at radius 3 is 2.81 bits per heavy atom. The molecule has 0 atom stereocenters. The van der Waals surface area contributed by atoms with Gasteiger partial charge in [-0.3, -0.25) is 0 Å². The van der Waals surface area contributed by atoms with E-state index in [9.17, 15) is 0 Å². The maximum Gasteiger partial charge on any atom is 0.164 e. The highest BCUT2D eigenvalue weighted by Gasteiger charge is 2.35. The Morgan fingerprint density at radius 1 is 1.27 bits per heavy atom. The number of H-pyrrole nitrogens is 1. The van der Waals surface area contributed by atoms with E-state index in [2.05, 4.69) is 30.5 Å². The molecule has 132 valence electrons. The average molecular weight is 351 g/mol. The van der Waals surface area contributed by atoms with Crippen molar-refractivity contribution in [3.05, 3.63) is 18.3 Å². The van der Waals surface area contributed by atoms with Crippen molar-refractivity contribution in [1.29, 1.82) is 0 Å². The summed E-state index contributed by atoms with van der Waals surface area (Å²) in [5, 5.41) is 20.5. The van der Waals surface area contributed by atoms with E-state index in [1.54, 1.807) is 6.20 Å². The van der Waals surface area contributed by atoms with Crippen LogP contribution in [-0.4, -0.2) is 40.3 Å². The first-order valence-electron chi connectivity index (χ1n) is 8.50. The van der Waals surface area contributed by atoms with E-state index in [1.165, 1.54) is 6.33 Å². The van der Waals surface area contributed by atoms with Crippen molar-refractivity contribution in [1.82, 2.24) is 40.3 Å². The molecule has 0 bridgehead atoms. The molecule has 0 spiro atoms. The molecular formula is C16H17N9O. The van der Waals surface area contributed by atoms with Gasteiger partial charge in [0, 0.05) is 12.0 Å². The number of nitrogens with zero attached hydrogens (tertiary/aromatic N) is 7. The zero-order chi connectivity index (χ0) is 17.8. The van der Waals surface area contributed by atoms with Crippen LogP contribution in [0.15, 0.2) is 17.0 Å². The molecule has 1 saturated carbocycles. The van der Waals surface area contributed by atoms with Gasteiger partial charge in [-0.15, -0.1) is 0 Å². The summed E-state index contributed by atoms with van der Waals surface area (Å²) in [5.74, 6) is 1.53. The Labute approximate surface area is 147 Å². The maximum absolute atomic E-state index is 6.16. The van der Waals surface area contributed by atoms with Gasteiger partial charge in [0.1, 0.15) is 35.0 Å². The number of nitrogens with one attached hydrogen (secondary N) is 1. The molecule has 0 amide bonds. The first-order chi connectivity index (χ1) is 12.6. The largest absolute Gasteiger partial charge is 0.383 e. The van der Waals surface area contributed by atoms with Gasteiger partial charge in [0.15, 0.2) is 5.65 Å². The van der Waals surface area contributed by atoms with Crippen molar-refractivity contribution in [2.75, 3.05) is 5.73 Å². The van der Waals surface area contributed by atoms with Crippen molar-refractivity contribution >= 4 is 16.9 Å². The van der Waals surface area contributed by atoms with Crippen LogP contribution in [0.4, 0.5) is 5.82 Å². The van der Waals surface area contributed by atoms with E-state index in [-0.39, 0.29) is 6.04 Å². The van der Waals surface area contributed by atoms with Gasteiger partial charge < -0.3 is 10.3 Å². The summed E-state index contributed by atoms with van der Waals surface area (Å²) < 4.78 is 7.51. The van der Waals surface area contributed by atoms with E-state index in [0.29, 0.717) is 39.9 Å². The minimum Gasteiger partial charge on any atom is -0.383 e. The number of hydrogen-bond donors (Lipinski definition) is 2. The van der Waals surface area contributed by atoms with E-state index < -0.39 is 0 Å². The van der Waals surface area contributed by atoms with Crippen molar-refractivity contribution in [2.24, 2.45) is 0 Å².